The van der Waals surface area contributed by atoms with Crippen molar-refractivity contribution < 1.29 is 4.79 Å². The summed E-state index contributed by atoms with van der Waals surface area (Å²) in [6.45, 7) is 4.34. The van der Waals surface area contributed by atoms with Gasteiger partial charge in [0.05, 0.1) is 0 Å². The maximum atomic E-state index is 11.6. The molecule has 2 unspecified atom stereocenters. The molecular weight excluding hydrogens is 226 g/mol. The molecule has 0 aromatic heterocycles. The van der Waals surface area contributed by atoms with Crippen molar-refractivity contribution in [2.75, 3.05) is 13.1 Å². The van der Waals surface area contributed by atoms with E-state index in [4.69, 9.17) is 0 Å². The lowest BCUT2D eigenvalue weighted by molar-refractivity contribution is -0.121. The maximum Gasteiger partial charge on any atom is 0.221 e. The van der Waals surface area contributed by atoms with Gasteiger partial charge in [-0.2, -0.15) is 0 Å². The largest absolute Gasteiger partial charge is 0.353 e. The van der Waals surface area contributed by atoms with E-state index < -0.39 is 0 Å². The Labute approximate surface area is 109 Å². The highest BCUT2D eigenvalue weighted by Gasteiger charge is 2.38. The standard InChI is InChI=1S/C14H25N3O/c1-10-8-12(9-17(10)13-4-5-13)15-7-6-14(18)16-11-2-3-11/h10-13,15H,2-9H2,1H3,(H,16,18). The van der Waals surface area contributed by atoms with Crippen molar-refractivity contribution in [2.45, 2.75) is 69.6 Å². The molecule has 0 aromatic carbocycles. The summed E-state index contributed by atoms with van der Waals surface area (Å²) in [5.74, 6) is 0.218. The average Bonchev–Trinajstić information content (AvgIpc) is 3.20. The van der Waals surface area contributed by atoms with Gasteiger partial charge in [-0.3, -0.25) is 9.69 Å². The van der Waals surface area contributed by atoms with Crippen LogP contribution in [-0.4, -0.2) is 48.1 Å². The minimum absolute atomic E-state index is 0.218. The fraction of sp³-hybridized carbons (Fsp3) is 0.929. The molecule has 1 amide bonds. The molecular formula is C14H25N3O. The van der Waals surface area contributed by atoms with Crippen LogP contribution in [0.25, 0.3) is 0 Å². The first-order valence-electron chi connectivity index (χ1n) is 7.51. The molecule has 1 heterocycles. The molecule has 0 spiro atoms. The van der Waals surface area contributed by atoms with Crippen molar-refractivity contribution in [3.05, 3.63) is 0 Å². The van der Waals surface area contributed by atoms with Crippen LogP contribution < -0.4 is 10.6 Å². The summed E-state index contributed by atoms with van der Waals surface area (Å²) in [6, 6.07) is 2.67. The number of rotatable bonds is 6. The van der Waals surface area contributed by atoms with Gasteiger partial charge in [0.15, 0.2) is 0 Å². The van der Waals surface area contributed by atoms with Crippen LogP contribution in [0.4, 0.5) is 0 Å². The van der Waals surface area contributed by atoms with Crippen LogP contribution in [0, 0.1) is 0 Å². The number of nitrogens with one attached hydrogen (secondary N) is 2. The average molecular weight is 251 g/mol. The number of carbonyl (C=O) groups excluding carboxylic acids is 1. The van der Waals surface area contributed by atoms with Crippen molar-refractivity contribution in [3.63, 3.8) is 0 Å². The van der Waals surface area contributed by atoms with Gasteiger partial charge in [-0.1, -0.05) is 0 Å². The first-order valence-corrected chi connectivity index (χ1v) is 7.51. The first kappa shape index (κ1) is 12.4. The summed E-state index contributed by atoms with van der Waals surface area (Å²) in [6.07, 6.45) is 7.00. The molecule has 0 aromatic rings. The second-order valence-electron chi connectivity index (χ2n) is 6.26. The molecule has 0 radical (unpaired) electrons. The van der Waals surface area contributed by atoms with Crippen LogP contribution in [0.5, 0.6) is 0 Å². The van der Waals surface area contributed by atoms with Crippen molar-refractivity contribution in [3.8, 4) is 0 Å². The number of amides is 1. The molecule has 2 saturated carbocycles. The molecule has 2 N–H and O–H groups in total. The van der Waals surface area contributed by atoms with Crippen molar-refractivity contribution >= 4 is 5.91 Å². The van der Waals surface area contributed by atoms with Crippen LogP contribution in [0.3, 0.4) is 0 Å². The highest BCUT2D eigenvalue weighted by molar-refractivity contribution is 5.76. The molecule has 3 fully saturated rings. The van der Waals surface area contributed by atoms with Gasteiger partial charge in [0.1, 0.15) is 0 Å². The molecule has 1 saturated heterocycles. The Balaban J connectivity index is 1.32. The third-order valence-corrected chi connectivity index (χ3v) is 4.37. The van der Waals surface area contributed by atoms with Crippen molar-refractivity contribution in [1.29, 1.82) is 0 Å². The van der Waals surface area contributed by atoms with Crippen LogP contribution in [0.15, 0.2) is 0 Å². The number of carbonyl (C=O) groups is 1. The smallest absolute Gasteiger partial charge is 0.221 e. The normalized spacial score (nSPS) is 32.7. The van der Waals surface area contributed by atoms with E-state index in [2.05, 4.69) is 22.5 Å². The predicted octanol–water partition coefficient (Wildman–Crippen LogP) is 0.870. The SMILES string of the molecule is CC1CC(NCCC(=O)NC2CC2)CN1C1CC1. The number of hydrogen-bond donors (Lipinski definition) is 2. The summed E-state index contributed by atoms with van der Waals surface area (Å²) in [7, 11) is 0. The van der Waals surface area contributed by atoms with E-state index in [0.717, 1.165) is 18.6 Å². The Morgan fingerprint density at radius 3 is 2.67 bits per heavy atom. The van der Waals surface area contributed by atoms with Gasteiger partial charge in [-0.25, -0.2) is 0 Å². The third kappa shape index (κ3) is 3.23. The summed E-state index contributed by atoms with van der Waals surface area (Å²) < 4.78 is 0. The number of hydrogen-bond acceptors (Lipinski definition) is 3. The molecule has 4 nitrogen and oxygen atoms in total. The highest BCUT2D eigenvalue weighted by atomic mass is 16.1. The second kappa shape index (κ2) is 5.17. The fourth-order valence-corrected chi connectivity index (χ4v) is 3.04. The van der Waals surface area contributed by atoms with E-state index in [1.54, 1.807) is 0 Å². The van der Waals surface area contributed by atoms with E-state index in [1.165, 1.54) is 38.6 Å². The van der Waals surface area contributed by atoms with Crippen LogP contribution in [0.2, 0.25) is 0 Å². The van der Waals surface area contributed by atoms with Gasteiger partial charge in [0.25, 0.3) is 0 Å². The Kier molecular flexibility index (Phi) is 3.57. The molecule has 3 aliphatic rings. The van der Waals surface area contributed by atoms with Crippen molar-refractivity contribution in [2.24, 2.45) is 0 Å². The van der Waals surface area contributed by atoms with Gasteiger partial charge in [0.2, 0.25) is 5.91 Å². The van der Waals surface area contributed by atoms with Gasteiger partial charge in [-0.15, -0.1) is 0 Å². The Bertz CT molecular complexity index is 312. The summed E-state index contributed by atoms with van der Waals surface area (Å²) in [4.78, 5) is 14.2. The van der Waals surface area contributed by atoms with Gasteiger partial charge in [-0.05, 0) is 39.0 Å². The van der Waals surface area contributed by atoms with Crippen LogP contribution in [0.1, 0.15) is 45.4 Å². The summed E-state index contributed by atoms with van der Waals surface area (Å²) in [5.41, 5.74) is 0. The molecule has 102 valence electrons. The molecule has 3 rings (SSSR count). The lowest BCUT2D eigenvalue weighted by atomic mass is 10.2. The monoisotopic (exact) mass is 251 g/mol. The molecule has 4 heteroatoms. The van der Waals surface area contributed by atoms with E-state index >= 15 is 0 Å². The third-order valence-electron chi connectivity index (χ3n) is 4.37. The zero-order valence-electron chi connectivity index (χ0n) is 11.3. The van der Waals surface area contributed by atoms with E-state index in [-0.39, 0.29) is 5.91 Å². The zero-order valence-corrected chi connectivity index (χ0v) is 11.3. The molecule has 18 heavy (non-hydrogen) atoms. The lowest BCUT2D eigenvalue weighted by Gasteiger charge is -2.19. The minimum Gasteiger partial charge on any atom is -0.353 e. The fourth-order valence-electron chi connectivity index (χ4n) is 3.04. The quantitative estimate of drug-likeness (QED) is 0.736. The lowest BCUT2D eigenvalue weighted by Crippen LogP contribution is -2.36. The summed E-state index contributed by atoms with van der Waals surface area (Å²) in [5, 5.41) is 6.58. The molecule has 0 bridgehead atoms. The van der Waals surface area contributed by atoms with Crippen molar-refractivity contribution in [1.82, 2.24) is 15.5 Å². The first-order chi connectivity index (χ1) is 8.72. The Morgan fingerprint density at radius 2 is 2.00 bits per heavy atom. The summed E-state index contributed by atoms with van der Waals surface area (Å²) >= 11 is 0. The second-order valence-corrected chi connectivity index (χ2v) is 6.26. The van der Waals surface area contributed by atoms with Gasteiger partial charge in [0, 0.05) is 43.7 Å². The maximum absolute atomic E-state index is 11.6. The van der Waals surface area contributed by atoms with Gasteiger partial charge < -0.3 is 10.6 Å². The van der Waals surface area contributed by atoms with Gasteiger partial charge >= 0.3 is 0 Å². The Hall–Kier alpha value is -0.610. The topological polar surface area (TPSA) is 44.4 Å². The Morgan fingerprint density at radius 1 is 1.22 bits per heavy atom. The number of likely N-dealkylation sites (tertiary alicyclic amines) is 1. The van der Waals surface area contributed by atoms with E-state index in [0.29, 0.717) is 18.5 Å². The molecule has 1 aliphatic heterocycles. The van der Waals surface area contributed by atoms with Crippen LogP contribution >= 0.6 is 0 Å². The zero-order chi connectivity index (χ0) is 12.5. The van der Waals surface area contributed by atoms with E-state index in [1.807, 2.05) is 0 Å². The number of nitrogens with zero attached hydrogens (tertiary/aromatic N) is 1. The highest BCUT2D eigenvalue weighted by Crippen LogP contribution is 2.33. The molecule has 2 aliphatic carbocycles. The predicted molar refractivity (Wildman–Crippen MR) is 71.4 cm³/mol. The van der Waals surface area contributed by atoms with E-state index in [9.17, 15) is 4.79 Å². The van der Waals surface area contributed by atoms with Crippen LogP contribution in [-0.2, 0) is 4.79 Å². The molecule has 2 atom stereocenters. The minimum atomic E-state index is 0.218.